The van der Waals surface area contributed by atoms with Gasteiger partial charge in [0.1, 0.15) is 11.4 Å². The molecule has 1 amide bonds. The Hall–Kier alpha value is -1.75. The average Bonchev–Trinajstić information content (AvgIpc) is 2.78. The van der Waals surface area contributed by atoms with Crippen LogP contribution in [0.4, 0.5) is 4.79 Å². The average molecular weight is 307 g/mol. The van der Waals surface area contributed by atoms with Crippen LogP contribution in [0, 0.1) is 0 Å². The highest BCUT2D eigenvalue weighted by Gasteiger charge is 2.38. The quantitative estimate of drug-likeness (QED) is 0.930. The molecular formula is C17H25NO4. The van der Waals surface area contributed by atoms with Crippen LogP contribution in [0.25, 0.3) is 0 Å². The van der Waals surface area contributed by atoms with E-state index in [1.807, 2.05) is 33.8 Å². The molecule has 1 aromatic rings. The third kappa shape index (κ3) is 4.63. The number of phenols is 1. The molecule has 1 heterocycles. The van der Waals surface area contributed by atoms with E-state index in [1.54, 1.807) is 23.1 Å². The van der Waals surface area contributed by atoms with Crippen molar-refractivity contribution in [2.45, 2.75) is 51.9 Å². The highest BCUT2D eigenvalue weighted by atomic mass is 16.6. The Labute approximate surface area is 131 Å². The molecule has 0 radical (unpaired) electrons. The van der Waals surface area contributed by atoms with E-state index in [1.165, 1.54) is 0 Å². The van der Waals surface area contributed by atoms with Gasteiger partial charge in [0.15, 0.2) is 0 Å². The van der Waals surface area contributed by atoms with Gasteiger partial charge in [0, 0.05) is 6.54 Å². The lowest BCUT2D eigenvalue weighted by Crippen LogP contribution is -2.39. The van der Waals surface area contributed by atoms with Gasteiger partial charge in [-0.15, -0.1) is 0 Å². The lowest BCUT2D eigenvalue weighted by molar-refractivity contribution is -0.0375. The fraction of sp³-hybridized carbons (Fsp3) is 0.588. The minimum atomic E-state index is -0.488. The van der Waals surface area contributed by atoms with Crippen molar-refractivity contribution in [2.24, 2.45) is 0 Å². The van der Waals surface area contributed by atoms with Gasteiger partial charge >= 0.3 is 6.09 Å². The molecule has 1 atom stereocenters. The lowest BCUT2D eigenvalue weighted by Gasteiger charge is -2.27. The summed E-state index contributed by atoms with van der Waals surface area (Å²) in [6.45, 7) is 9.13. The first-order valence-corrected chi connectivity index (χ1v) is 7.57. The molecule has 1 N–H and O–H groups in total. The number of nitrogens with zero attached hydrogens (tertiary/aromatic N) is 1. The summed E-state index contributed by atoms with van der Waals surface area (Å²) in [6.07, 6.45) is 0.475. The zero-order valence-electron chi connectivity index (χ0n) is 13.8. The number of hydrogen-bond donors (Lipinski definition) is 1. The summed E-state index contributed by atoms with van der Waals surface area (Å²) in [5.74, 6) is 0.230. The second-order valence-electron chi connectivity index (χ2n) is 7.06. The zero-order chi connectivity index (χ0) is 16.4. The summed E-state index contributed by atoms with van der Waals surface area (Å²) in [5.41, 5.74) is 0.0397. The van der Waals surface area contributed by atoms with Crippen molar-refractivity contribution in [3.8, 4) is 5.75 Å². The summed E-state index contributed by atoms with van der Waals surface area (Å²) in [5, 5.41) is 9.47. The third-order valence-electron chi connectivity index (χ3n) is 3.59. The smallest absolute Gasteiger partial charge is 0.410 e. The monoisotopic (exact) mass is 307 g/mol. The molecule has 2 rings (SSSR count). The molecule has 1 aliphatic rings. The maximum Gasteiger partial charge on any atom is 0.410 e. The number of likely N-dealkylation sites (tertiary alicyclic amines) is 1. The van der Waals surface area contributed by atoms with Crippen molar-refractivity contribution in [1.82, 2.24) is 4.90 Å². The van der Waals surface area contributed by atoms with E-state index >= 15 is 0 Å². The predicted molar refractivity (Wildman–Crippen MR) is 83.7 cm³/mol. The Balaban J connectivity index is 1.89. The van der Waals surface area contributed by atoms with Crippen LogP contribution in [0.3, 0.4) is 0 Å². The number of hydrogen-bond acceptors (Lipinski definition) is 4. The number of carbonyl (C=O) groups excluding carboxylic acids is 1. The minimum absolute atomic E-state index is 0.230. The Morgan fingerprint density at radius 3 is 2.77 bits per heavy atom. The summed E-state index contributed by atoms with van der Waals surface area (Å²) in [7, 11) is 0. The fourth-order valence-electron chi connectivity index (χ4n) is 2.44. The molecule has 0 aromatic heterocycles. The van der Waals surface area contributed by atoms with Crippen molar-refractivity contribution < 1.29 is 19.4 Å². The highest BCUT2D eigenvalue weighted by Crippen LogP contribution is 2.28. The fourth-order valence-corrected chi connectivity index (χ4v) is 2.44. The van der Waals surface area contributed by atoms with Crippen LogP contribution in [-0.4, -0.2) is 40.4 Å². The van der Waals surface area contributed by atoms with Crippen molar-refractivity contribution in [2.75, 3.05) is 13.1 Å². The first kappa shape index (κ1) is 16.6. The normalized spacial score (nSPS) is 21.9. The maximum absolute atomic E-state index is 12.1. The van der Waals surface area contributed by atoms with E-state index in [0.29, 0.717) is 19.7 Å². The lowest BCUT2D eigenvalue weighted by atomic mass is 10.1. The first-order chi connectivity index (χ1) is 10.2. The van der Waals surface area contributed by atoms with Crippen LogP contribution < -0.4 is 0 Å². The maximum atomic E-state index is 12.1. The van der Waals surface area contributed by atoms with E-state index in [-0.39, 0.29) is 17.4 Å². The van der Waals surface area contributed by atoms with Gasteiger partial charge < -0.3 is 19.5 Å². The number of benzene rings is 1. The molecule has 1 saturated heterocycles. The summed E-state index contributed by atoms with van der Waals surface area (Å²) >= 11 is 0. The summed E-state index contributed by atoms with van der Waals surface area (Å²) in [4.78, 5) is 13.8. The van der Waals surface area contributed by atoms with Gasteiger partial charge in [-0.3, -0.25) is 0 Å². The van der Waals surface area contributed by atoms with E-state index in [9.17, 15) is 9.90 Å². The SMILES string of the molecule is CC(C)(C)OC(=O)N1CCC(C)(OCc2cccc(O)c2)C1. The molecule has 5 nitrogen and oxygen atoms in total. The molecule has 0 spiro atoms. The van der Waals surface area contributed by atoms with Gasteiger partial charge in [0.2, 0.25) is 0 Å². The van der Waals surface area contributed by atoms with Gasteiger partial charge in [-0.1, -0.05) is 12.1 Å². The molecule has 0 bridgehead atoms. The van der Waals surface area contributed by atoms with Gasteiger partial charge in [-0.25, -0.2) is 4.79 Å². The van der Waals surface area contributed by atoms with Crippen molar-refractivity contribution >= 4 is 6.09 Å². The molecule has 5 heteroatoms. The zero-order valence-corrected chi connectivity index (χ0v) is 13.8. The van der Waals surface area contributed by atoms with Gasteiger partial charge in [-0.05, 0) is 51.8 Å². The summed E-state index contributed by atoms with van der Waals surface area (Å²) in [6, 6.07) is 7.01. The molecular weight excluding hydrogens is 282 g/mol. The van der Waals surface area contributed by atoms with Crippen LogP contribution in [0.5, 0.6) is 5.75 Å². The molecule has 0 aliphatic carbocycles. The molecule has 122 valence electrons. The molecule has 1 aromatic carbocycles. The second kappa shape index (κ2) is 6.16. The van der Waals surface area contributed by atoms with Crippen LogP contribution in [0.2, 0.25) is 0 Å². The Morgan fingerprint density at radius 2 is 2.14 bits per heavy atom. The molecule has 1 aliphatic heterocycles. The van der Waals surface area contributed by atoms with E-state index in [0.717, 1.165) is 12.0 Å². The molecule has 1 unspecified atom stereocenters. The van der Waals surface area contributed by atoms with Gasteiger partial charge in [0.05, 0.1) is 18.8 Å². The van der Waals surface area contributed by atoms with Crippen molar-refractivity contribution in [1.29, 1.82) is 0 Å². The standard InChI is InChI=1S/C17H25NO4/c1-16(2,3)22-15(20)18-9-8-17(4,12-18)21-11-13-6-5-7-14(19)10-13/h5-7,10,19H,8-9,11-12H2,1-4H3. The highest BCUT2D eigenvalue weighted by molar-refractivity contribution is 5.68. The Kier molecular flexibility index (Phi) is 4.66. The molecule has 22 heavy (non-hydrogen) atoms. The Bertz CT molecular complexity index is 538. The first-order valence-electron chi connectivity index (χ1n) is 7.57. The number of aromatic hydroxyl groups is 1. The number of phenolic OH excluding ortho intramolecular Hbond substituents is 1. The van der Waals surface area contributed by atoms with Crippen LogP contribution in [0.1, 0.15) is 39.7 Å². The molecule has 0 saturated carbocycles. The third-order valence-corrected chi connectivity index (χ3v) is 3.59. The number of ether oxygens (including phenoxy) is 2. The van der Waals surface area contributed by atoms with Crippen LogP contribution >= 0.6 is 0 Å². The second-order valence-corrected chi connectivity index (χ2v) is 7.06. The number of rotatable bonds is 3. The van der Waals surface area contributed by atoms with Gasteiger partial charge in [0.25, 0.3) is 0 Å². The van der Waals surface area contributed by atoms with Crippen LogP contribution in [-0.2, 0) is 16.1 Å². The van der Waals surface area contributed by atoms with Crippen molar-refractivity contribution in [3.05, 3.63) is 29.8 Å². The van der Waals surface area contributed by atoms with Gasteiger partial charge in [-0.2, -0.15) is 0 Å². The molecule has 1 fully saturated rings. The number of carbonyl (C=O) groups is 1. The minimum Gasteiger partial charge on any atom is -0.508 e. The van der Waals surface area contributed by atoms with Crippen LogP contribution in [0.15, 0.2) is 24.3 Å². The van der Waals surface area contributed by atoms with Crippen molar-refractivity contribution in [3.63, 3.8) is 0 Å². The number of amides is 1. The summed E-state index contributed by atoms with van der Waals surface area (Å²) < 4.78 is 11.4. The largest absolute Gasteiger partial charge is 0.508 e. The Morgan fingerprint density at radius 1 is 1.41 bits per heavy atom. The predicted octanol–water partition coefficient (Wildman–Crippen LogP) is 3.31. The van der Waals surface area contributed by atoms with E-state index in [4.69, 9.17) is 9.47 Å². The van der Waals surface area contributed by atoms with E-state index < -0.39 is 5.60 Å². The topological polar surface area (TPSA) is 59.0 Å². The van der Waals surface area contributed by atoms with E-state index in [2.05, 4.69) is 0 Å².